The summed E-state index contributed by atoms with van der Waals surface area (Å²) in [7, 11) is 0. The van der Waals surface area contributed by atoms with Gasteiger partial charge in [0.15, 0.2) is 22.8 Å². The minimum Gasteiger partial charge on any atom is -0.484 e. The summed E-state index contributed by atoms with van der Waals surface area (Å²) in [5, 5.41) is 6.76. The van der Waals surface area contributed by atoms with Gasteiger partial charge in [0.1, 0.15) is 11.9 Å². The fourth-order valence-corrected chi connectivity index (χ4v) is 4.94. The Balaban J connectivity index is 1.36. The molecular formula is C29H24F3N5O3. The Morgan fingerprint density at radius 3 is 2.70 bits per heavy atom. The van der Waals surface area contributed by atoms with E-state index in [-0.39, 0.29) is 17.5 Å². The molecule has 0 saturated carbocycles. The highest BCUT2D eigenvalue weighted by molar-refractivity contribution is 6.05. The SMILES string of the molecule is Cc1ccc(OC2CCCc3c(C(F)(F)F)nn(-c4cccc(C(=O)Nc5cnc6nc(C)oc6c5)c4)c32)cc1. The van der Waals surface area contributed by atoms with Crippen molar-refractivity contribution < 1.29 is 27.1 Å². The van der Waals surface area contributed by atoms with Gasteiger partial charge < -0.3 is 14.5 Å². The predicted octanol–water partition coefficient (Wildman–Crippen LogP) is 6.75. The van der Waals surface area contributed by atoms with E-state index in [1.807, 2.05) is 19.1 Å². The quantitative estimate of drug-likeness (QED) is 0.262. The van der Waals surface area contributed by atoms with Gasteiger partial charge in [-0.25, -0.2) is 9.67 Å². The number of anilines is 1. The van der Waals surface area contributed by atoms with E-state index in [0.717, 1.165) is 5.56 Å². The maximum atomic E-state index is 14.1. The topological polar surface area (TPSA) is 95.1 Å². The summed E-state index contributed by atoms with van der Waals surface area (Å²) >= 11 is 0. The van der Waals surface area contributed by atoms with E-state index in [1.54, 1.807) is 43.3 Å². The summed E-state index contributed by atoms with van der Waals surface area (Å²) < 4.78 is 55.1. The Hall–Kier alpha value is -4.67. The smallest absolute Gasteiger partial charge is 0.435 e. The molecule has 1 aliphatic rings. The van der Waals surface area contributed by atoms with Crippen LogP contribution in [0, 0.1) is 13.8 Å². The molecule has 204 valence electrons. The molecule has 0 bridgehead atoms. The van der Waals surface area contributed by atoms with E-state index in [1.165, 1.54) is 16.9 Å². The summed E-state index contributed by atoms with van der Waals surface area (Å²) in [5.41, 5.74) is 2.35. The zero-order valence-electron chi connectivity index (χ0n) is 21.6. The molecule has 2 aromatic carbocycles. The van der Waals surface area contributed by atoms with Crippen LogP contribution in [0.1, 0.15) is 57.7 Å². The van der Waals surface area contributed by atoms with E-state index in [0.29, 0.717) is 52.8 Å². The van der Waals surface area contributed by atoms with Gasteiger partial charge in [-0.05, 0) is 56.5 Å². The maximum absolute atomic E-state index is 14.1. The number of fused-ring (bicyclic) bond motifs is 2. The molecule has 0 spiro atoms. The summed E-state index contributed by atoms with van der Waals surface area (Å²) in [6.45, 7) is 3.64. The Kier molecular flexibility index (Phi) is 6.28. The number of amides is 1. The number of aryl methyl sites for hydroxylation is 2. The second kappa shape index (κ2) is 9.82. The highest BCUT2D eigenvalue weighted by atomic mass is 19.4. The third-order valence-electron chi connectivity index (χ3n) is 6.75. The lowest BCUT2D eigenvalue weighted by Crippen LogP contribution is -2.19. The highest BCUT2D eigenvalue weighted by Crippen LogP contribution is 2.42. The molecule has 0 radical (unpaired) electrons. The Bertz CT molecular complexity index is 1720. The number of rotatable bonds is 5. The Morgan fingerprint density at radius 1 is 1.12 bits per heavy atom. The Labute approximate surface area is 226 Å². The van der Waals surface area contributed by atoms with Gasteiger partial charge in [0, 0.05) is 24.1 Å². The van der Waals surface area contributed by atoms with Crippen LogP contribution in [0.15, 0.2) is 65.2 Å². The molecule has 6 rings (SSSR count). The number of oxazole rings is 1. The molecule has 8 nitrogen and oxygen atoms in total. The van der Waals surface area contributed by atoms with Crippen molar-refractivity contribution in [3.05, 3.63) is 94.8 Å². The summed E-state index contributed by atoms with van der Waals surface area (Å²) in [5.74, 6) is 0.540. The van der Waals surface area contributed by atoms with Crippen LogP contribution in [-0.4, -0.2) is 25.7 Å². The summed E-state index contributed by atoms with van der Waals surface area (Å²) in [4.78, 5) is 21.4. The third-order valence-corrected chi connectivity index (χ3v) is 6.75. The van der Waals surface area contributed by atoms with Crippen molar-refractivity contribution in [2.45, 2.75) is 45.4 Å². The molecule has 0 saturated heterocycles. The Morgan fingerprint density at radius 2 is 1.93 bits per heavy atom. The standard InChI is InChI=1S/C29H24F3N5O3/c1-16-9-11-21(12-10-16)40-23-8-4-7-22-25(23)37(36-26(22)29(30,31)32)20-6-3-5-18(13-20)28(38)35-19-14-24-27(33-15-19)34-17(2)39-24/h3,5-6,9-15,23H,4,7-8H2,1-2H3,(H,35,38). The van der Waals surface area contributed by atoms with E-state index < -0.39 is 23.9 Å². The lowest BCUT2D eigenvalue weighted by Gasteiger charge is -2.26. The predicted molar refractivity (Wildman–Crippen MR) is 141 cm³/mol. The number of benzene rings is 2. The molecule has 1 amide bonds. The number of hydrogen-bond donors (Lipinski definition) is 1. The first-order valence-corrected chi connectivity index (χ1v) is 12.7. The van der Waals surface area contributed by atoms with Gasteiger partial charge in [-0.3, -0.25) is 4.79 Å². The largest absolute Gasteiger partial charge is 0.484 e. The molecular weight excluding hydrogens is 523 g/mol. The molecule has 3 aromatic heterocycles. The van der Waals surface area contributed by atoms with Crippen LogP contribution in [0.3, 0.4) is 0 Å². The van der Waals surface area contributed by atoms with Crippen LogP contribution in [0.25, 0.3) is 16.9 Å². The first kappa shape index (κ1) is 25.6. The number of ether oxygens (including phenoxy) is 1. The molecule has 0 aliphatic heterocycles. The number of carbonyl (C=O) groups excluding carboxylic acids is 1. The minimum absolute atomic E-state index is 0.118. The average molecular weight is 548 g/mol. The summed E-state index contributed by atoms with van der Waals surface area (Å²) in [6.07, 6.45) is -2.53. The van der Waals surface area contributed by atoms with Crippen molar-refractivity contribution in [2.75, 3.05) is 5.32 Å². The molecule has 40 heavy (non-hydrogen) atoms. The zero-order valence-corrected chi connectivity index (χ0v) is 21.6. The van der Waals surface area contributed by atoms with E-state index in [9.17, 15) is 18.0 Å². The molecule has 1 atom stereocenters. The van der Waals surface area contributed by atoms with Crippen molar-refractivity contribution in [1.29, 1.82) is 0 Å². The van der Waals surface area contributed by atoms with Crippen LogP contribution < -0.4 is 10.1 Å². The van der Waals surface area contributed by atoms with Crippen molar-refractivity contribution in [3.8, 4) is 11.4 Å². The maximum Gasteiger partial charge on any atom is 0.435 e. The fraction of sp³-hybridized carbons (Fsp3) is 0.241. The van der Waals surface area contributed by atoms with Crippen LogP contribution in [0.5, 0.6) is 5.75 Å². The lowest BCUT2D eigenvalue weighted by molar-refractivity contribution is -0.142. The molecule has 1 unspecified atom stereocenters. The van der Waals surface area contributed by atoms with Gasteiger partial charge in [-0.2, -0.15) is 23.3 Å². The summed E-state index contributed by atoms with van der Waals surface area (Å²) in [6, 6.07) is 15.3. The monoisotopic (exact) mass is 547 g/mol. The van der Waals surface area contributed by atoms with Crippen molar-refractivity contribution >= 4 is 22.8 Å². The molecule has 1 aliphatic carbocycles. The number of carbonyl (C=O) groups is 1. The first-order valence-electron chi connectivity index (χ1n) is 12.7. The number of pyridine rings is 1. The average Bonchev–Trinajstić information content (AvgIpc) is 3.50. The molecule has 5 aromatic rings. The van der Waals surface area contributed by atoms with Gasteiger partial charge in [0.2, 0.25) is 0 Å². The first-order chi connectivity index (χ1) is 19.2. The highest BCUT2D eigenvalue weighted by Gasteiger charge is 2.42. The molecule has 1 N–H and O–H groups in total. The van der Waals surface area contributed by atoms with E-state index in [4.69, 9.17) is 9.15 Å². The van der Waals surface area contributed by atoms with Crippen LogP contribution in [0.4, 0.5) is 18.9 Å². The second-order valence-electron chi connectivity index (χ2n) is 9.72. The minimum atomic E-state index is -4.64. The molecule has 3 heterocycles. The second-order valence-corrected chi connectivity index (χ2v) is 9.72. The molecule has 0 fully saturated rings. The van der Waals surface area contributed by atoms with Gasteiger partial charge in [-0.1, -0.05) is 23.8 Å². The van der Waals surface area contributed by atoms with Crippen molar-refractivity contribution in [1.82, 2.24) is 19.7 Å². The van der Waals surface area contributed by atoms with Gasteiger partial charge in [0.05, 0.1) is 23.3 Å². The third kappa shape index (κ3) is 4.90. The number of alkyl halides is 3. The number of nitrogens with one attached hydrogen (secondary N) is 1. The zero-order chi connectivity index (χ0) is 28.0. The van der Waals surface area contributed by atoms with Crippen molar-refractivity contribution in [2.24, 2.45) is 0 Å². The van der Waals surface area contributed by atoms with Gasteiger partial charge in [-0.15, -0.1) is 0 Å². The normalized spacial score (nSPS) is 15.2. The van der Waals surface area contributed by atoms with E-state index in [2.05, 4.69) is 20.4 Å². The van der Waals surface area contributed by atoms with Crippen LogP contribution >= 0.6 is 0 Å². The van der Waals surface area contributed by atoms with E-state index >= 15 is 0 Å². The fourth-order valence-electron chi connectivity index (χ4n) is 4.94. The van der Waals surface area contributed by atoms with Crippen LogP contribution in [-0.2, 0) is 12.6 Å². The number of aromatic nitrogens is 4. The van der Waals surface area contributed by atoms with Gasteiger partial charge >= 0.3 is 6.18 Å². The number of halogens is 3. The lowest BCUT2D eigenvalue weighted by atomic mass is 9.92. The van der Waals surface area contributed by atoms with Crippen LogP contribution in [0.2, 0.25) is 0 Å². The molecule has 11 heteroatoms. The number of hydrogen-bond acceptors (Lipinski definition) is 6. The number of nitrogens with zero attached hydrogens (tertiary/aromatic N) is 4. The van der Waals surface area contributed by atoms with Crippen molar-refractivity contribution in [3.63, 3.8) is 0 Å². The van der Waals surface area contributed by atoms with Gasteiger partial charge in [0.25, 0.3) is 5.91 Å².